The van der Waals surface area contributed by atoms with E-state index in [1.807, 2.05) is 24.5 Å². The highest BCUT2D eigenvalue weighted by atomic mass is 15.1. The third kappa shape index (κ3) is 0.853. The molecule has 0 amide bonds. The number of aromatic nitrogens is 2. The predicted octanol–water partition coefficient (Wildman–Crippen LogP) is 1.36. The second-order valence-electron chi connectivity index (χ2n) is 3.01. The van der Waals surface area contributed by atoms with E-state index in [9.17, 15) is 0 Å². The molecule has 2 aromatic rings. The molecule has 1 aromatic carbocycles. The molecule has 2 N–H and O–H groups in total. The number of H-pyrrole nitrogens is 1. The van der Waals surface area contributed by atoms with Gasteiger partial charge in [-0.15, -0.1) is 0 Å². The van der Waals surface area contributed by atoms with Gasteiger partial charge in [-0.3, -0.25) is 10.1 Å². The van der Waals surface area contributed by atoms with Crippen molar-refractivity contribution in [3.05, 3.63) is 23.9 Å². The maximum absolute atomic E-state index is 4.14. The van der Waals surface area contributed by atoms with E-state index in [0.717, 1.165) is 22.2 Å². The Hall–Kier alpha value is -1.84. The molecule has 1 aliphatic rings. The molecule has 64 valence electrons. The Morgan fingerprint density at radius 2 is 2.31 bits per heavy atom. The molecule has 1 aliphatic heterocycles. The SMILES string of the molecule is C1=NCNc2c1ccc1[nH]ncc21. The van der Waals surface area contributed by atoms with Crippen molar-refractivity contribution in [3.63, 3.8) is 0 Å². The third-order valence-corrected chi connectivity index (χ3v) is 2.23. The number of benzene rings is 1. The van der Waals surface area contributed by atoms with E-state index >= 15 is 0 Å². The van der Waals surface area contributed by atoms with Crippen molar-refractivity contribution in [2.45, 2.75) is 0 Å². The predicted molar refractivity (Wildman–Crippen MR) is 52.2 cm³/mol. The quantitative estimate of drug-likeness (QED) is 0.630. The van der Waals surface area contributed by atoms with Crippen LogP contribution in [0.15, 0.2) is 23.3 Å². The van der Waals surface area contributed by atoms with Gasteiger partial charge in [0.1, 0.15) is 6.67 Å². The molecule has 4 heteroatoms. The molecule has 3 rings (SSSR count). The standard InChI is InChI=1S/C9H8N4/c1-2-8-7(4-12-13-8)9-6(1)3-10-5-11-9/h1-4,11H,5H2,(H,12,13). The van der Waals surface area contributed by atoms with Gasteiger partial charge in [-0.1, -0.05) is 0 Å². The number of rotatable bonds is 0. The van der Waals surface area contributed by atoms with Crippen LogP contribution in [0.4, 0.5) is 5.69 Å². The summed E-state index contributed by atoms with van der Waals surface area (Å²) in [4.78, 5) is 4.14. The van der Waals surface area contributed by atoms with Crippen LogP contribution >= 0.6 is 0 Å². The molecule has 0 aliphatic carbocycles. The number of fused-ring (bicyclic) bond motifs is 3. The van der Waals surface area contributed by atoms with Crippen LogP contribution < -0.4 is 5.32 Å². The Morgan fingerprint density at radius 3 is 3.31 bits per heavy atom. The molecule has 0 radical (unpaired) electrons. The van der Waals surface area contributed by atoms with E-state index in [2.05, 4.69) is 20.5 Å². The fourth-order valence-electron chi connectivity index (χ4n) is 1.61. The Morgan fingerprint density at radius 1 is 1.31 bits per heavy atom. The first-order chi connectivity index (χ1) is 6.45. The van der Waals surface area contributed by atoms with Gasteiger partial charge in [-0.2, -0.15) is 5.10 Å². The van der Waals surface area contributed by atoms with Crippen LogP contribution in [0.2, 0.25) is 0 Å². The normalized spacial score (nSPS) is 14.2. The molecule has 0 unspecified atom stereocenters. The smallest absolute Gasteiger partial charge is 0.107 e. The minimum absolute atomic E-state index is 0.650. The van der Waals surface area contributed by atoms with E-state index in [0.29, 0.717) is 6.67 Å². The topological polar surface area (TPSA) is 53.1 Å². The lowest BCUT2D eigenvalue weighted by Crippen LogP contribution is -2.07. The third-order valence-electron chi connectivity index (χ3n) is 2.23. The van der Waals surface area contributed by atoms with Crippen LogP contribution in [0.5, 0.6) is 0 Å². The highest BCUT2D eigenvalue weighted by Crippen LogP contribution is 2.26. The molecule has 0 fully saturated rings. The van der Waals surface area contributed by atoms with Crippen molar-refractivity contribution in [3.8, 4) is 0 Å². The summed E-state index contributed by atoms with van der Waals surface area (Å²) in [5.74, 6) is 0. The van der Waals surface area contributed by atoms with Crippen LogP contribution in [-0.2, 0) is 0 Å². The van der Waals surface area contributed by atoms with Gasteiger partial charge in [0.25, 0.3) is 0 Å². The van der Waals surface area contributed by atoms with Crippen LogP contribution in [0, 0.1) is 0 Å². The molecule has 0 atom stereocenters. The monoisotopic (exact) mass is 172 g/mol. The van der Waals surface area contributed by atoms with Crippen molar-refractivity contribution >= 4 is 22.8 Å². The van der Waals surface area contributed by atoms with Gasteiger partial charge in [0.15, 0.2) is 0 Å². The van der Waals surface area contributed by atoms with E-state index in [-0.39, 0.29) is 0 Å². The summed E-state index contributed by atoms with van der Waals surface area (Å²) in [6, 6.07) is 4.05. The van der Waals surface area contributed by atoms with E-state index in [1.165, 1.54) is 0 Å². The average molecular weight is 172 g/mol. The Labute approximate surface area is 74.7 Å². The molecular weight excluding hydrogens is 164 g/mol. The summed E-state index contributed by atoms with van der Waals surface area (Å²) in [5, 5.41) is 11.3. The second-order valence-corrected chi connectivity index (χ2v) is 3.01. The van der Waals surface area contributed by atoms with Gasteiger partial charge in [-0.25, -0.2) is 0 Å². The molecule has 0 bridgehead atoms. The van der Waals surface area contributed by atoms with Crippen molar-refractivity contribution < 1.29 is 0 Å². The number of aliphatic imine (C=N–C) groups is 1. The molecule has 1 aromatic heterocycles. The summed E-state index contributed by atoms with van der Waals surface area (Å²) in [5.41, 5.74) is 3.31. The van der Waals surface area contributed by atoms with Crippen LogP contribution in [0.1, 0.15) is 5.56 Å². The van der Waals surface area contributed by atoms with E-state index in [4.69, 9.17) is 0 Å². The average Bonchev–Trinajstić information content (AvgIpc) is 2.65. The zero-order valence-electron chi connectivity index (χ0n) is 6.91. The summed E-state index contributed by atoms with van der Waals surface area (Å²) < 4.78 is 0. The first kappa shape index (κ1) is 6.65. The summed E-state index contributed by atoms with van der Waals surface area (Å²) in [6.45, 7) is 0.650. The highest BCUT2D eigenvalue weighted by molar-refractivity contribution is 6.02. The second kappa shape index (κ2) is 2.32. The first-order valence-corrected chi connectivity index (χ1v) is 4.15. The largest absolute Gasteiger partial charge is 0.365 e. The van der Waals surface area contributed by atoms with Crippen LogP contribution in [0.25, 0.3) is 10.9 Å². The molecule has 2 heterocycles. The van der Waals surface area contributed by atoms with Crippen LogP contribution in [-0.4, -0.2) is 23.1 Å². The van der Waals surface area contributed by atoms with Crippen molar-refractivity contribution in [2.24, 2.45) is 4.99 Å². The summed E-state index contributed by atoms with van der Waals surface area (Å²) in [6.07, 6.45) is 3.72. The molecule has 0 saturated heterocycles. The van der Waals surface area contributed by atoms with Gasteiger partial charge < -0.3 is 5.32 Å². The maximum atomic E-state index is 4.14. The number of hydrogen-bond donors (Lipinski definition) is 2. The minimum atomic E-state index is 0.650. The first-order valence-electron chi connectivity index (χ1n) is 4.15. The minimum Gasteiger partial charge on any atom is -0.365 e. The zero-order valence-corrected chi connectivity index (χ0v) is 6.91. The summed E-state index contributed by atoms with van der Waals surface area (Å²) in [7, 11) is 0. The van der Waals surface area contributed by atoms with E-state index in [1.54, 1.807) is 0 Å². The fourth-order valence-corrected chi connectivity index (χ4v) is 1.61. The lowest BCUT2D eigenvalue weighted by atomic mass is 10.1. The van der Waals surface area contributed by atoms with Crippen molar-refractivity contribution in [1.82, 2.24) is 10.2 Å². The molecule has 4 nitrogen and oxygen atoms in total. The molecule has 13 heavy (non-hydrogen) atoms. The number of nitrogens with zero attached hydrogens (tertiary/aromatic N) is 2. The molecular formula is C9H8N4. The lowest BCUT2D eigenvalue weighted by Gasteiger charge is -2.12. The number of aromatic amines is 1. The number of hydrogen-bond acceptors (Lipinski definition) is 3. The number of nitrogens with one attached hydrogen (secondary N) is 2. The number of anilines is 1. The Kier molecular flexibility index (Phi) is 1.19. The van der Waals surface area contributed by atoms with Crippen molar-refractivity contribution in [1.29, 1.82) is 0 Å². The lowest BCUT2D eigenvalue weighted by molar-refractivity contribution is 1.12. The zero-order chi connectivity index (χ0) is 8.67. The van der Waals surface area contributed by atoms with Gasteiger partial charge >= 0.3 is 0 Å². The Balaban J connectivity index is 2.42. The van der Waals surface area contributed by atoms with Gasteiger partial charge in [0, 0.05) is 17.2 Å². The van der Waals surface area contributed by atoms with Gasteiger partial charge in [0.05, 0.1) is 17.4 Å². The maximum Gasteiger partial charge on any atom is 0.107 e. The Bertz CT molecular complexity index is 483. The molecule has 0 saturated carbocycles. The van der Waals surface area contributed by atoms with E-state index < -0.39 is 0 Å². The van der Waals surface area contributed by atoms with Crippen molar-refractivity contribution in [2.75, 3.05) is 12.0 Å². The van der Waals surface area contributed by atoms with Gasteiger partial charge in [-0.05, 0) is 12.1 Å². The fraction of sp³-hybridized carbons (Fsp3) is 0.111. The van der Waals surface area contributed by atoms with Crippen LogP contribution in [0.3, 0.4) is 0 Å². The summed E-state index contributed by atoms with van der Waals surface area (Å²) >= 11 is 0. The highest BCUT2D eigenvalue weighted by Gasteiger charge is 2.09. The molecule has 0 spiro atoms. The van der Waals surface area contributed by atoms with Gasteiger partial charge in [0.2, 0.25) is 0 Å².